The van der Waals surface area contributed by atoms with Crippen molar-refractivity contribution < 1.29 is 9.72 Å². The van der Waals surface area contributed by atoms with Gasteiger partial charge in [0.25, 0.3) is 5.69 Å². The first-order chi connectivity index (χ1) is 8.40. The number of aryl methyl sites for hydroxylation is 1. The number of carbonyl (C=O) groups is 1. The highest BCUT2D eigenvalue weighted by molar-refractivity contribution is 5.80. The molecule has 1 amide bonds. The predicted molar refractivity (Wildman–Crippen MR) is 67.4 cm³/mol. The van der Waals surface area contributed by atoms with Crippen LogP contribution in [0.3, 0.4) is 0 Å². The quantitative estimate of drug-likeness (QED) is 0.607. The molecule has 0 aliphatic carbocycles. The van der Waals surface area contributed by atoms with Crippen molar-refractivity contribution in [2.45, 2.75) is 26.8 Å². The van der Waals surface area contributed by atoms with E-state index in [-0.39, 0.29) is 24.2 Å². The van der Waals surface area contributed by atoms with Crippen molar-refractivity contribution >= 4 is 17.4 Å². The Hall–Kier alpha value is -2.18. The fourth-order valence-corrected chi connectivity index (χ4v) is 1.39. The maximum Gasteiger partial charge on any atom is 0.290 e. The molecule has 2 N–H and O–H groups in total. The summed E-state index contributed by atoms with van der Waals surface area (Å²) < 4.78 is 0. The first-order valence-corrected chi connectivity index (χ1v) is 5.55. The summed E-state index contributed by atoms with van der Waals surface area (Å²) in [5.74, 6) is 0.291. The van der Waals surface area contributed by atoms with Crippen molar-refractivity contribution in [3.8, 4) is 0 Å². The van der Waals surface area contributed by atoms with Crippen LogP contribution in [0.5, 0.6) is 0 Å². The van der Waals surface area contributed by atoms with Gasteiger partial charge in [-0.3, -0.25) is 14.9 Å². The summed E-state index contributed by atoms with van der Waals surface area (Å²) in [6, 6.07) is 2.92. The van der Waals surface area contributed by atoms with E-state index in [1.807, 2.05) is 13.8 Å². The Morgan fingerprint density at radius 2 is 2.17 bits per heavy atom. The van der Waals surface area contributed by atoms with Gasteiger partial charge in [-0.05, 0) is 26.8 Å². The Labute approximate surface area is 105 Å². The maximum atomic E-state index is 11.4. The topological polar surface area (TPSA) is 97.2 Å². The Morgan fingerprint density at radius 3 is 2.67 bits per heavy atom. The molecule has 0 atom stereocenters. The molecule has 1 aromatic heterocycles. The number of nitrogens with one attached hydrogen (secondary N) is 2. The molecule has 1 rings (SSSR count). The van der Waals surface area contributed by atoms with E-state index in [4.69, 9.17) is 0 Å². The average molecular weight is 252 g/mol. The van der Waals surface area contributed by atoms with E-state index in [1.165, 1.54) is 12.1 Å². The fourth-order valence-electron chi connectivity index (χ4n) is 1.39. The zero-order chi connectivity index (χ0) is 13.7. The number of hydrogen-bond acceptors (Lipinski definition) is 5. The predicted octanol–water partition coefficient (Wildman–Crippen LogP) is 1.23. The van der Waals surface area contributed by atoms with Gasteiger partial charge in [-0.15, -0.1) is 0 Å². The molecule has 0 fully saturated rings. The van der Waals surface area contributed by atoms with Crippen LogP contribution >= 0.6 is 0 Å². The highest BCUT2D eigenvalue weighted by Crippen LogP contribution is 2.17. The molecule has 0 aliphatic rings. The van der Waals surface area contributed by atoms with Crippen LogP contribution in [0.1, 0.15) is 19.5 Å². The van der Waals surface area contributed by atoms with E-state index < -0.39 is 4.92 Å². The summed E-state index contributed by atoms with van der Waals surface area (Å²) in [5, 5.41) is 16.1. The summed E-state index contributed by atoms with van der Waals surface area (Å²) in [4.78, 5) is 25.5. The van der Waals surface area contributed by atoms with Crippen LogP contribution in [0.15, 0.2) is 12.1 Å². The molecule has 0 saturated heterocycles. The first-order valence-electron chi connectivity index (χ1n) is 5.55. The van der Waals surface area contributed by atoms with Crippen LogP contribution in [0.2, 0.25) is 0 Å². The number of carbonyl (C=O) groups excluding carboxylic acids is 1. The van der Waals surface area contributed by atoms with Crippen LogP contribution in [-0.2, 0) is 4.79 Å². The van der Waals surface area contributed by atoms with Gasteiger partial charge in [0.1, 0.15) is 11.5 Å². The lowest BCUT2D eigenvalue weighted by atomic mass is 10.3. The molecular formula is C11H16N4O3. The molecule has 7 heteroatoms. The molecule has 0 spiro atoms. The number of rotatable bonds is 5. The largest absolute Gasteiger partial charge is 0.361 e. The molecule has 18 heavy (non-hydrogen) atoms. The van der Waals surface area contributed by atoms with Crippen molar-refractivity contribution in [2.24, 2.45) is 0 Å². The molecule has 98 valence electrons. The molecule has 0 saturated carbocycles. The normalized spacial score (nSPS) is 10.2. The van der Waals surface area contributed by atoms with Gasteiger partial charge < -0.3 is 10.6 Å². The highest BCUT2D eigenvalue weighted by Gasteiger charge is 2.12. The molecule has 7 nitrogen and oxygen atoms in total. The number of aromatic nitrogens is 1. The van der Waals surface area contributed by atoms with Gasteiger partial charge >= 0.3 is 0 Å². The summed E-state index contributed by atoms with van der Waals surface area (Å²) in [5.41, 5.74) is 0.279. The van der Waals surface area contributed by atoms with Crippen molar-refractivity contribution in [3.63, 3.8) is 0 Å². The van der Waals surface area contributed by atoms with Gasteiger partial charge in [0.15, 0.2) is 0 Å². The lowest BCUT2D eigenvalue weighted by molar-refractivity contribution is -0.385. The number of pyridine rings is 1. The number of amides is 1. The maximum absolute atomic E-state index is 11.4. The molecule has 0 aromatic carbocycles. The first kappa shape index (κ1) is 13.9. The lowest BCUT2D eigenvalue weighted by Crippen LogP contribution is -2.34. The molecule has 0 bridgehead atoms. The van der Waals surface area contributed by atoms with E-state index in [0.717, 1.165) is 0 Å². The molecule has 0 radical (unpaired) electrons. The molecule has 0 unspecified atom stereocenters. The van der Waals surface area contributed by atoms with Gasteiger partial charge in [0.05, 0.1) is 11.5 Å². The van der Waals surface area contributed by atoms with Gasteiger partial charge in [-0.2, -0.15) is 0 Å². The third kappa shape index (κ3) is 4.00. The second kappa shape index (κ2) is 5.95. The Bertz CT molecular complexity index is 460. The van der Waals surface area contributed by atoms with Crippen molar-refractivity contribution in [2.75, 3.05) is 11.9 Å². The molecule has 0 aliphatic heterocycles. The van der Waals surface area contributed by atoms with E-state index in [1.54, 1.807) is 6.92 Å². The Balaban J connectivity index is 2.61. The van der Waals surface area contributed by atoms with E-state index >= 15 is 0 Å². The Kier molecular flexibility index (Phi) is 4.59. The Morgan fingerprint density at radius 1 is 1.50 bits per heavy atom. The monoisotopic (exact) mass is 252 g/mol. The zero-order valence-electron chi connectivity index (χ0n) is 10.6. The smallest absolute Gasteiger partial charge is 0.290 e. The van der Waals surface area contributed by atoms with Crippen LogP contribution in [0, 0.1) is 17.0 Å². The molecule has 1 aromatic rings. The SMILES string of the molecule is Cc1nc(NCC(=O)NC(C)C)ccc1[N+](=O)[O-]. The van der Waals surface area contributed by atoms with Crippen molar-refractivity contribution in [1.82, 2.24) is 10.3 Å². The highest BCUT2D eigenvalue weighted by atomic mass is 16.6. The number of anilines is 1. The van der Waals surface area contributed by atoms with E-state index in [0.29, 0.717) is 11.5 Å². The summed E-state index contributed by atoms with van der Waals surface area (Å²) in [7, 11) is 0. The summed E-state index contributed by atoms with van der Waals surface area (Å²) in [6.07, 6.45) is 0. The third-order valence-corrected chi connectivity index (χ3v) is 2.13. The summed E-state index contributed by atoms with van der Waals surface area (Å²) >= 11 is 0. The van der Waals surface area contributed by atoms with Crippen molar-refractivity contribution in [3.05, 3.63) is 27.9 Å². The van der Waals surface area contributed by atoms with Crippen LogP contribution < -0.4 is 10.6 Å². The summed E-state index contributed by atoms with van der Waals surface area (Å²) in [6.45, 7) is 5.37. The van der Waals surface area contributed by atoms with E-state index in [9.17, 15) is 14.9 Å². The van der Waals surface area contributed by atoms with E-state index in [2.05, 4.69) is 15.6 Å². The lowest BCUT2D eigenvalue weighted by Gasteiger charge is -2.09. The number of hydrogen-bond donors (Lipinski definition) is 2. The third-order valence-electron chi connectivity index (χ3n) is 2.13. The minimum Gasteiger partial charge on any atom is -0.361 e. The minimum absolute atomic E-state index is 0.0350. The van der Waals surface area contributed by atoms with Gasteiger partial charge in [-0.1, -0.05) is 0 Å². The standard InChI is InChI=1S/C11H16N4O3/c1-7(2)13-11(16)6-12-10-5-4-9(15(17)18)8(3)14-10/h4-5,7H,6H2,1-3H3,(H,12,14)(H,13,16). The second-order valence-corrected chi connectivity index (χ2v) is 4.13. The average Bonchev–Trinajstić information content (AvgIpc) is 2.25. The molecular weight excluding hydrogens is 236 g/mol. The number of nitro groups is 1. The fraction of sp³-hybridized carbons (Fsp3) is 0.455. The van der Waals surface area contributed by atoms with Crippen LogP contribution in [0.25, 0.3) is 0 Å². The van der Waals surface area contributed by atoms with Gasteiger partial charge in [0, 0.05) is 12.1 Å². The second-order valence-electron chi connectivity index (χ2n) is 4.13. The van der Waals surface area contributed by atoms with Crippen molar-refractivity contribution in [1.29, 1.82) is 0 Å². The van der Waals surface area contributed by atoms with Gasteiger partial charge in [-0.25, -0.2) is 4.98 Å². The molecule has 1 heterocycles. The van der Waals surface area contributed by atoms with Crippen LogP contribution in [-0.4, -0.2) is 28.4 Å². The number of nitrogens with zero attached hydrogens (tertiary/aromatic N) is 2. The minimum atomic E-state index is -0.489. The zero-order valence-corrected chi connectivity index (χ0v) is 10.6. The van der Waals surface area contributed by atoms with Gasteiger partial charge in [0.2, 0.25) is 5.91 Å². The van der Waals surface area contributed by atoms with Crippen LogP contribution in [0.4, 0.5) is 11.5 Å².